The van der Waals surface area contributed by atoms with Gasteiger partial charge in [0.1, 0.15) is 16.6 Å². The van der Waals surface area contributed by atoms with Crippen LogP contribution in [0.25, 0.3) is 0 Å². The maximum Gasteiger partial charge on any atom is 0.223 e. The highest BCUT2D eigenvalue weighted by molar-refractivity contribution is 7.09. The highest BCUT2D eigenvalue weighted by Crippen LogP contribution is 2.41. The van der Waals surface area contributed by atoms with Crippen LogP contribution in [0.1, 0.15) is 29.8 Å². The molecule has 138 valence electrons. The molecule has 2 aliphatic heterocycles. The van der Waals surface area contributed by atoms with Crippen molar-refractivity contribution in [3.05, 3.63) is 52.0 Å². The molecule has 26 heavy (non-hydrogen) atoms. The fourth-order valence-corrected chi connectivity index (χ4v) is 4.75. The van der Waals surface area contributed by atoms with Gasteiger partial charge in [-0.1, -0.05) is 0 Å². The SMILES string of the molecule is O=C1CC2(CCN(Cc3nccs3)CC2)CN1Cc1cc(F)cc(F)c1. The molecular formula is C19H21F2N3OS. The molecule has 0 radical (unpaired) electrons. The third-order valence-electron chi connectivity index (χ3n) is 5.46. The predicted molar refractivity (Wildman–Crippen MR) is 95.5 cm³/mol. The van der Waals surface area contributed by atoms with Crippen molar-refractivity contribution in [3.63, 3.8) is 0 Å². The van der Waals surface area contributed by atoms with E-state index in [0.717, 1.165) is 43.5 Å². The number of aromatic nitrogens is 1. The topological polar surface area (TPSA) is 36.4 Å². The number of hydrogen-bond acceptors (Lipinski definition) is 4. The van der Waals surface area contributed by atoms with Gasteiger partial charge < -0.3 is 4.90 Å². The average Bonchev–Trinajstić information content (AvgIpc) is 3.18. The monoisotopic (exact) mass is 377 g/mol. The molecule has 0 saturated carbocycles. The van der Waals surface area contributed by atoms with Crippen molar-refractivity contribution < 1.29 is 13.6 Å². The fourth-order valence-electron chi connectivity index (χ4n) is 4.09. The van der Waals surface area contributed by atoms with Crippen molar-refractivity contribution in [2.75, 3.05) is 19.6 Å². The first-order valence-electron chi connectivity index (χ1n) is 8.85. The van der Waals surface area contributed by atoms with Gasteiger partial charge in [0.15, 0.2) is 0 Å². The summed E-state index contributed by atoms with van der Waals surface area (Å²) in [6.45, 7) is 3.73. The molecule has 0 atom stereocenters. The van der Waals surface area contributed by atoms with Crippen LogP contribution in [0.15, 0.2) is 29.8 Å². The molecule has 0 aliphatic carbocycles. The molecule has 3 heterocycles. The molecule has 2 saturated heterocycles. The summed E-state index contributed by atoms with van der Waals surface area (Å²) in [5.74, 6) is -1.11. The summed E-state index contributed by atoms with van der Waals surface area (Å²) in [7, 11) is 0. The lowest BCUT2D eigenvalue weighted by atomic mass is 9.77. The van der Waals surface area contributed by atoms with E-state index in [1.54, 1.807) is 16.2 Å². The van der Waals surface area contributed by atoms with Gasteiger partial charge in [0.05, 0.1) is 6.54 Å². The zero-order valence-electron chi connectivity index (χ0n) is 14.5. The number of likely N-dealkylation sites (tertiary alicyclic amines) is 2. The normalized spacial score (nSPS) is 20.2. The lowest BCUT2D eigenvalue weighted by molar-refractivity contribution is -0.128. The van der Waals surface area contributed by atoms with Crippen LogP contribution in [-0.2, 0) is 17.9 Å². The number of thiazole rings is 1. The Labute approximate surface area is 155 Å². The largest absolute Gasteiger partial charge is 0.338 e. The van der Waals surface area contributed by atoms with E-state index < -0.39 is 11.6 Å². The third kappa shape index (κ3) is 3.78. The number of nitrogens with zero attached hydrogens (tertiary/aromatic N) is 3. The number of benzene rings is 1. The summed E-state index contributed by atoms with van der Waals surface area (Å²) in [6.07, 6.45) is 4.31. The Kier molecular flexibility index (Phi) is 4.75. The zero-order valence-corrected chi connectivity index (χ0v) is 15.3. The number of amides is 1. The number of rotatable bonds is 4. The molecule has 1 aromatic heterocycles. The second-order valence-electron chi connectivity index (χ2n) is 7.41. The Morgan fingerprint density at radius 1 is 1.12 bits per heavy atom. The van der Waals surface area contributed by atoms with Gasteiger partial charge in [-0.2, -0.15) is 0 Å². The van der Waals surface area contributed by atoms with E-state index >= 15 is 0 Å². The van der Waals surface area contributed by atoms with E-state index in [2.05, 4.69) is 9.88 Å². The second kappa shape index (κ2) is 7.04. The van der Waals surface area contributed by atoms with Crippen molar-refractivity contribution in [2.24, 2.45) is 5.41 Å². The maximum atomic E-state index is 13.4. The Hall–Kier alpha value is -1.86. The van der Waals surface area contributed by atoms with Crippen molar-refractivity contribution in [2.45, 2.75) is 32.4 Å². The lowest BCUT2D eigenvalue weighted by Gasteiger charge is -2.38. The van der Waals surface area contributed by atoms with Crippen LogP contribution in [0.4, 0.5) is 8.78 Å². The van der Waals surface area contributed by atoms with Crippen molar-refractivity contribution in [1.29, 1.82) is 0 Å². The summed E-state index contributed by atoms with van der Waals surface area (Å²) in [5.41, 5.74) is 0.511. The quantitative estimate of drug-likeness (QED) is 0.819. The van der Waals surface area contributed by atoms with E-state index in [4.69, 9.17) is 0 Å². The van der Waals surface area contributed by atoms with Crippen LogP contribution in [0.2, 0.25) is 0 Å². The molecule has 0 bridgehead atoms. The molecule has 1 aromatic carbocycles. The summed E-state index contributed by atoms with van der Waals surface area (Å²) < 4.78 is 26.8. The fraction of sp³-hybridized carbons (Fsp3) is 0.474. The highest BCUT2D eigenvalue weighted by atomic mass is 32.1. The molecule has 1 spiro atoms. The molecule has 1 amide bonds. The molecule has 0 unspecified atom stereocenters. The second-order valence-corrected chi connectivity index (χ2v) is 8.39. The lowest BCUT2D eigenvalue weighted by Crippen LogP contribution is -2.41. The summed E-state index contributed by atoms with van der Waals surface area (Å²) >= 11 is 1.67. The first-order chi connectivity index (χ1) is 12.5. The molecule has 2 fully saturated rings. The number of hydrogen-bond donors (Lipinski definition) is 0. The van der Waals surface area contributed by atoms with Gasteiger partial charge in [-0.15, -0.1) is 11.3 Å². The number of piperidine rings is 1. The first kappa shape index (κ1) is 17.5. The van der Waals surface area contributed by atoms with Crippen LogP contribution in [-0.4, -0.2) is 40.3 Å². The Balaban J connectivity index is 1.37. The zero-order chi connectivity index (χ0) is 18.1. The van der Waals surface area contributed by atoms with Crippen LogP contribution in [0.3, 0.4) is 0 Å². The highest BCUT2D eigenvalue weighted by Gasteiger charge is 2.44. The molecule has 7 heteroatoms. The van der Waals surface area contributed by atoms with Gasteiger partial charge in [0.25, 0.3) is 0 Å². The maximum absolute atomic E-state index is 13.4. The third-order valence-corrected chi connectivity index (χ3v) is 6.22. The van der Waals surface area contributed by atoms with E-state index in [-0.39, 0.29) is 17.9 Å². The van der Waals surface area contributed by atoms with Crippen LogP contribution in [0.5, 0.6) is 0 Å². The average molecular weight is 377 g/mol. The van der Waals surface area contributed by atoms with Gasteiger partial charge in [0, 0.05) is 37.2 Å². The van der Waals surface area contributed by atoms with Gasteiger partial charge >= 0.3 is 0 Å². The summed E-state index contributed by atoms with van der Waals surface area (Å²) in [6, 6.07) is 3.46. The number of halogens is 2. The van der Waals surface area contributed by atoms with E-state index in [9.17, 15) is 13.6 Å². The van der Waals surface area contributed by atoms with Gasteiger partial charge in [-0.25, -0.2) is 13.8 Å². The molecule has 4 rings (SSSR count). The molecule has 0 N–H and O–H groups in total. The Morgan fingerprint density at radius 3 is 2.50 bits per heavy atom. The van der Waals surface area contributed by atoms with Crippen molar-refractivity contribution in [1.82, 2.24) is 14.8 Å². The standard InChI is InChI=1S/C19H21F2N3OS/c20-15-7-14(8-16(21)9-15)11-24-13-19(10-18(24)25)1-4-23(5-2-19)12-17-22-3-6-26-17/h3,6-9H,1-2,4-5,10-13H2. The van der Waals surface area contributed by atoms with Crippen molar-refractivity contribution >= 4 is 17.2 Å². The first-order valence-corrected chi connectivity index (χ1v) is 9.73. The van der Waals surface area contributed by atoms with E-state index in [1.165, 1.54) is 12.1 Å². The Bertz CT molecular complexity index is 768. The van der Waals surface area contributed by atoms with Crippen LogP contribution >= 0.6 is 11.3 Å². The Morgan fingerprint density at radius 2 is 1.85 bits per heavy atom. The predicted octanol–water partition coefficient (Wildman–Crippen LogP) is 3.44. The molecule has 4 nitrogen and oxygen atoms in total. The van der Waals surface area contributed by atoms with E-state index in [1.807, 2.05) is 11.6 Å². The number of carbonyl (C=O) groups is 1. The minimum atomic E-state index is -0.600. The van der Waals surface area contributed by atoms with Crippen LogP contribution < -0.4 is 0 Å². The van der Waals surface area contributed by atoms with Gasteiger partial charge in [-0.05, 0) is 49.0 Å². The molecule has 2 aromatic rings. The van der Waals surface area contributed by atoms with Gasteiger partial charge in [0.2, 0.25) is 5.91 Å². The van der Waals surface area contributed by atoms with Crippen molar-refractivity contribution in [3.8, 4) is 0 Å². The van der Waals surface area contributed by atoms with E-state index in [0.29, 0.717) is 18.5 Å². The minimum Gasteiger partial charge on any atom is -0.338 e. The summed E-state index contributed by atoms with van der Waals surface area (Å²) in [4.78, 5) is 21.0. The number of carbonyl (C=O) groups excluding carboxylic acids is 1. The minimum absolute atomic E-state index is 0.00231. The molecular weight excluding hydrogens is 356 g/mol. The summed E-state index contributed by atoms with van der Waals surface area (Å²) in [5, 5.41) is 3.11. The van der Waals surface area contributed by atoms with Crippen LogP contribution in [0, 0.1) is 17.0 Å². The van der Waals surface area contributed by atoms with Gasteiger partial charge in [-0.3, -0.25) is 9.69 Å². The molecule has 2 aliphatic rings. The smallest absolute Gasteiger partial charge is 0.223 e.